The maximum atomic E-state index is 11.6. The average Bonchev–Trinajstić information content (AvgIpc) is 2.60. The summed E-state index contributed by atoms with van der Waals surface area (Å²) in [7, 11) is 0. The van der Waals surface area contributed by atoms with Crippen molar-refractivity contribution in [3.63, 3.8) is 0 Å². The summed E-state index contributed by atoms with van der Waals surface area (Å²) in [5, 5.41) is 0. The van der Waals surface area contributed by atoms with E-state index in [1.165, 1.54) is 10.9 Å². The molecule has 0 saturated carbocycles. The van der Waals surface area contributed by atoms with Crippen LogP contribution in [0.15, 0.2) is 18.6 Å². The number of hydrogen-bond acceptors (Lipinski definition) is 4. The maximum Gasteiger partial charge on any atom is 0.419 e. The van der Waals surface area contributed by atoms with Gasteiger partial charge in [-0.15, -0.1) is 0 Å². The van der Waals surface area contributed by atoms with E-state index in [2.05, 4.69) is 4.98 Å². The van der Waals surface area contributed by atoms with Gasteiger partial charge in [0.05, 0.1) is 5.69 Å². The molecule has 1 aromatic rings. The molecule has 0 unspecified atom stereocenters. The first kappa shape index (κ1) is 12.4. The minimum absolute atomic E-state index is 0.438. The van der Waals surface area contributed by atoms with E-state index >= 15 is 0 Å². The Morgan fingerprint density at radius 3 is 2.88 bits per heavy atom. The van der Waals surface area contributed by atoms with Crippen LogP contribution < -0.4 is 5.73 Å². The van der Waals surface area contributed by atoms with E-state index in [4.69, 9.17) is 10.5 Å². The van der Waals surface area contributed by atoms with Crippen molar-refractivity contribution >= 4 is 12.2 Å². The Bertz CT molecular complexity index is 388. The van der Waals surface area contributed by atoms with Crippen molar-refractivity contribution in [2.75, 3.05) is 6.54 Å². The van der Waals surface area contributed by atoms with Crippen molar-refractivity contribution in [3.8, 4) is 0 Å². The van der Waals surface area contributed by atoms with E-state index < -0.39 is 11.7 Å². The molecular formula is C11H17N3O2. The van der Waals surface area contributed by atoms with Gasteiger partial charge in [0.15, 0.2) is 0 Å². The molecule has 16 heavy (non-hydrogen) atoms. The first-order valence-corrected chi connectivity index (χ1v) is 5.06. The standard InChI is InChI=1S/C11H17N3O2/c1-11(2,3)16-10(15)14-7-9(13-8-14)5-4-6-12/h4-5,7-8H,6,12H2,1-3H3/b5-4+. The molecule has 2 N–H and O–H groups in total. The van der Waals surface area contributed by atoms with Crippen molar-refractivity contribution in [1.82, 2.24) is 9.55 Å². The van der Waals surface area contributed by atoms with Gasteiger partial charge >= 0.3 is 6.09 Å². The molecule has 0 amide bonds. The van der Waals surface area contributed by atoms with Gasteiger partial charge < -0.3 is 10.5 Å². The summed E-state index contributed by atoms with van der Waals surface area (Å²) in [6, 6.07) is 0. The number of nitrogens with two attached hydrogens (primary N) is 1. The van der Waals surface area contributed by atoms with E-state index in [0.717, 1.165) is 0 Å². The van der Waals surface area contributed by atoms with Crippen LogP contribution in [-0.2, 0) is 4.74 Å². The number of carbonyl (C=O) groups is 1. The second-order valence-corrected chi connectivity index (χ2v) is 4.32. The molecule has 1 rings (SSSR count). The SMILES string of the molecule is CC(C)(C)OC(=O)n1cnc(/C=C/CN)c1. The molecule has 88 valence electrons. The lowest BCUT2D eigenvalue weighted by Gasteiger charge is -2.18. The molecule has 0 fully saturated rings. The highest BCUT2D eigenvalue weighted by molar-refractivity contribution is 5.71. The Kier molecular flexibility index (Phi) is 3.84. The summed E-state index contributed by atoms with van der Waals surface area (Å²) in [6.07, 6.45) is 6.10. The highest BCUT2D eigenvalue weighted by Crippen LogP contribution is 2.09. The zero-order valence-electron chi connectivity index (χ0n) is 9.80. The van der Waals surface area contributed by atoms with Crippen LogP contribution >= 0.6 is 0 Å². The Morgan fingerprint density at radius 1 is 1.62 bits per heavy atom. The fourth-order valence-electron chi connectivity index (χ4n) is 1.03. The highest BCUT2D eigenvalue weighted by Gasteiger charge is 2.17. The van der Waals surface area contributed by atoms with Crippen LogP contribution in [0.25, 0.3) is 6.08 Å². The van der Waals surface area contributed by atoms with Crippen LogP contribution in [0.1, 0.15) is 26.5 Å². The molecule has 0 aliphatic heterocycles. The fourth-order valence-corrected chi connectivity index (χ4v) is 1.03. The summed E-state index contributed by atoms with van der Waals surface area (Å²) in [5.74, 6) is 0. The van der Waals surface area contributed by atoms with Crippen molar-refractivity contribution in [2.24, 2.45) is 5.73 Å². The summed E-state index contributed by atoms with van der Waals surface area (Å²) in [5.41, 5.74) is 5.48. The van der Waals surface area contributed by atoms with Crippen LogP contribution in [0.3, 0.4) is 0 Å². The fraction of sp³-hybridized carbons (Fsp3) is 0.455. The van der Waals surface area contributed by atoms with E-state index in [1.54, 1.807) is 18.3 Å². The number of ether oxygens (including phenoxy) is 1. The third-order valence-corrected chi connectivity index (χ3v) is 1.63. The number of carbonyl (C=O) groups excluding carboxylic acids is 1. The van der Waals surface area contributed by atoms with E-state index in [9.17, 15) is 4.79 Å². The number of aromatic nitrogens is 2. The van der Waals surface area contributed by atoms with Crippen molar-refractivity contribution in [2.45, 2.75) is 26.4 Å². The smallest absolute Gasteiger partial charge is 0.419 e. The van der Waals surface area contributed by atoms with Crippen LogP contribution in [-0.4, -0.2) is 27.8 Å². The van der Waals surface area contributed by atoms with Crippen molar-refractivity contribution in [3.05, 3.63) is 24.3 Å². The molecule has 0 atom stereocenters. The van der Waals surface area contributed by atoms with Crippen LogP contribution in [0, 0.1) is 0 Å². The lowest BCUT2D eigenvalue weighted by Crippen LogP contribution is -2.26. The first-order valence-electron chi connectivity index (χ1n) is 5.06. The summed E-state index contributed by atoms with van der Waals surface area (Å²) >= 11 is 0. The predicted octanol–water partition coefficient (Wildman–Crippen LogP) is 1.64. The van der Waals surface area contributed by atoms with Crippen molar-refractivity contribution < 1.29 is 9.53 Å². The van der Waals surface area contributed by atoms with Gasteiger partial charge in [-0.2, -0.15) is 0 Å². The second kappa shape index (κ2) is 4.94. The van der Waals surface area contributed by atoms with Crippen molar-refractivity contribution in [1.29, 1.82) is 0 Å². The maximum absolute atomic E-state index is 11.6. The quantitative estimate of drug-likeness (QED) is 0.827. The first-order chi connectivity index (χ1) is 7.42. The minimum atomic E-state index is -0.505. The van der Waals surface area contributed by atoms with Gasteiger partial charge in [0.25, 0.3) is 0 Å². The molecule has 0 spiro atoms. The van der Waals surface area contributed by atoms with Crippen LogP contribution in [0.5, 0.6) is 0 Å². The van der Waals surface area contributed by atoms with E-state index in [0.29, 0.717) is 12.2 Å². The number of rotatable bonds is 2. The lowest BCUT2D eigenvalue weighted by atomic mass is 10.2. The Balaban J connectivity index is 2.71. The third-order valence-electron chi connectivity index (χ3n) is 1.63. The zero-order valence-corrected chi connectivity index (χ0v) is 9.80. The summed E-state index contributed by atoms with van der Waals surface area (Å²) in [4.78, 5) is 15.6. The Morgan fingerprint density at radius 2 is 2.31 bits per heavy atom. The monoisotopic (exact) mass is 223 g/mol. The van der Waals surface area contributed by atoms with Gasteiger partial charge in [0, 0.05) is 12.7 Å². The largest absolute Gasteiger partial charge is 0.443 e. The van der Waals surface area contributed by atoms with Gasteiger partial charge in [-0.3, -0.25) is 0 Å². The topological polar surface area (TPSA) is 70.1 Å². The molecule has 0 bridgehead atoms. The molecule has 0 saturated heterocycles. The lowest BCUT2D eigenvalue weighted by molar-refractivity contribution is 0.0536. The molecule has 5 nitrogen and oxygen atoms in total. The van der Waals surface area contributed by atoms with E-state index in [1.807, 2.05) is 20.8 Å². The van der Waals surface area contributed by atoms with Gasteiger partial charge in [-0.05, 0) is 26.8 Å². The molecule has 1 heterocycles. The third kappa shape index (κ3) is 3.86. The summed E-state index contributed by atoms with van der Waals surface area (Å²) in [6.45, 7) is 5.89. The number of nitrogens with zero attached hydrogens (tertiary/aromatic N) is 2. The van der Waals surface area contributed by atoms with Crippen LogP contribution in [0.4, 0.5) is 4.79 Å². The molecule has 0 radical (unpaired) electrons. The average molecular weight is 223 g/mol. The summed E-state index contributed by atoms with van der Waals surface area (Å²) < 4.78 is 6.48. The molecule has 0 aliphatic carbocycles. The second-order valence-electron chi connectivity index (χ2n) is 4.32. The highest BCUT2D eigenvalue weighted by atomic mass is 16.6. The predicted molar refractivity (Wildman–Crippen MR) is 61.9 cm³/mol. The molecule has 5 heteroatoms. The van der Waals surface area contributed by atoms with Crippen LogP contribution in [0.2, 0.25) is 0 Å². The molecule has 1 aromatic heterocycles. The minimum Gasteiger partial charge on any atom is -0.443 e. The molecule has 0 aromatic carbocycles. The zero-order chi connectivity index (χ0) is 12.2. The van der Waals surface area contributed by atoms with E-state index in [-0.39, 0.29) is 0 Å². The Labute approximate surface area is 94.9 Å². The molecular weight excluding hydrogens is 206 g/mol. The normalized spacial score (nSPS) is 12.0. The molecule has 0 aliphatic rings. The number of imidazole rings is 1. The number of hydrogen-bond donors (Lipinski definition) is 1. The van der Waals surface area contributed by atoms with Gasteiger partial charge in [0.1, 0.15) is 11.9 Å². The van der Waals surface area contributed by atoms with Gasteiger partial charge in [-0.1, -0.05) is 6.08 Å². The van der Waals surface area contributed by atoms with Gasteiger partial charge in [-0.25, -0.2) is 14.3 Å². The Hall–Kier alpha value is -1.62. The van der Waals surface area contributed by atoms with Gasteiger partial charge in [0.2, 0.25) is 0 Å².